The van der Waals surface area contributed by atoms with Crippen LogP contribution in [0.2, 0.25) is 0 Å². The number of rotatable bonds is 3. The number of amides is 1. The van der Waals surface area contributed by atoms with Gasteiger partial charge in [0.05, 0.1) is 0 Å². The van der Waals surface area contributed by atoms with Crippen LogP contribution in [0.5, 0.6) is 0 Å². The first kappa shape index (κ1) is 11.5. The van der Waals surface area contributed by atoms with Crippen LogP contribution in [0.15, 0.2) is 0 Å². The first-order chi connectivity index (χ1) is 6.58. The van der Waals surface area contributed by atoms with E-state index in [1.807, 2.05) is 6.92 Å². The van der Waals surface area contributed by atoms with E-state index in [0.717, 1.165) is 12.8 Å². The zero-order chi connectivity index (χ0) is 10.6. The molecule has 0 saturated heterocycles. The van der Waals surface area contributed by atoms with Crippen LogP contribution in [0.4, 0.5) is 0 Å². The molecular formula is C11H22N2O. The van der Waals surface area contributed by atoms with Crippen LogP contribution < -0.4 is 11.1 Å². The van der Waals surface area contributed by atoms with Crippen molar-refractivity contribution in [3.63, 3.8) is 0 Å². The topological polar surface area (TPSA) is 55.1 Å². The Kier molecular flexibility index (Phi) is 3.93. The van der Waals surface area contributed by atoms with Crippen LogP contribution in [0, 0.1) is 5.41 Å². The zero-order valence-corrected chi connectivity index (χ0v) is 9.31. The molecule has 0 radical (unpaired) electrons. The highest BCUT2D eigenvalue weighted by molar-refractivity contribution is 5.82. The van der Waals surface area contributed by atoms with E-state index in [9.17, 15) is 4.79 Å². The van der Waals surface area contributed by atoms with Crippen molar-refractivity contribution in [3.05, 3.63) is 0 Å². The monoisotopic (exact) mass is 198 g/mol. The number of nitrogens with two attached hydrogens (primary N) is 1. The lowest BCUT2D eigenvalue weighted by molar-refractivity contribution is -0.132. The quantitative estimate of drug-likeness (QED) is 0.720. The minimum absolute atomic E-state index is 0.0984. The van der Waals surface area contributed by atoms with Crippen molar-refractivity contribution in [2.45, 2.75) is 52.0 Å². The van der Waals surface area contributed by atoms with Gasteiger partial charge in [0.2, 0.25) is 5.91 Å². The predicted octanol–water partition coefficient (Wildman–Crippen LogP) is 1.42. The lowest BCUT2D eigenvalue weighted by Gasteiger charge is -2.33. The number of hydrogen-bond acceptors (Lipinski definition) is 2. The first-order valence-electron chi connectivity index (χ1n) is 5.59. The molecule has 1 atom stereocenters. The van der Waals surface area contributed by atoms with Crippen molar-refractivity contribution >= 4 is 5.91 Å². The summed E-state index contributed by atoms with van der Waals surface area (Å²) in [5.41, 5.74) is 5.34. The summed E-state index contributed by atoms with van der Waals surface area (Å²) in [5.74, 6) is 0.190. The number of carbonyl (C=O) groups excluding carboxylic acids is 1. The molecule has 1 rings (SSSR count). The minimum atomic E-state index is -0.137. The van der Waals surface area contributed by atoms with Crippen LogP contribution in [0.1, 0.15) is 46.0 Å². The maximum atomic E-state index is 11.9. The summed E-state index contributed by atoms with van der Waals surface area (Å²) < 4.78 is 0. The Bertz CT molecular complexity index is 197. The highest BCUT2D eigenvalue weighted by Crippen LogP contribution is 2.35. The second kappa shape index (κ2) is 4.78. The van der Waals surface area contributed by atoms with Gasteiger partial charge in [-0.3, -0.25) is 4.79 Å². The Hall–Kier alpha value is -0.570. The van der Waals surface area contributed by atoms with Crippen LogP contribution in [-0.4, -0.2) is 18.5 Å². The third kappa shape index (κ3) is 2.71. The van der Waals surface area contributed by atoms with Gasteiger partial charge in [0.15, 0.2) is 0 Å². The fraction of sp³-hybridized carbons (Fsp3) is 0.909. The zero-order valence-electron chi connectivity index (χ0n) is 9.31. The third-order valence-electron chi connectivity index (χ3n) is 3.24. The molecule has 0 aliphatic heterocycles. The SMILES string of the molecule is C[C@H](CN)NC(=O)C1(C)CCCCC1. The van der Waals surface area contributed by atoms with Gasteiger partial charge in [0.1, 0.15) is 0 Å². The van der Waals surface area contributed by atoms with E-state index in [1.54, 1.807) is 0 Å². The van der Waals surface area contributed by atoms with Crippen molar-refractivity contribution < 1.29 is 4.79 Å². The van der Waals surface area contributed by atoms with Gasteiger partial charge >= 0.3 is 0 Å². The van der Waals surface area contributed by atoms with Crippen LogP contribution >= 0.6 is 0 Å². The molecule has 0 unspecified atom stereocenters. The highest BCUT2D eigenvalue weighted by atomic mass is 16.2. The minimum Gasteiger partial charge on any atom is -0.352 e. The van der Waals surface area contributed by atoms with Gasteiger partial charge in [0.25, 0.3) is 0 Å². The van der Waals surface area contributed by atoms with Gasteiger partial charge < -0.3 is 11.1 Å². The lowest BCUT2D eigenvalue weighted by Crippen LogP contribution is -2.46. The normalized spacial score (nSPS) is 22.8. The van der Waals surface area contributed by atoms with Gasteiger partial charge in [-0.15, -0.1) is 0 Å². The molecule has 14 heavy (non-hydrogen) atoms. The third-order valence-corrected chi connectivity index (χ3v) is 3.24. The molecule has 1 saturated carbocycles. The Morgan fingerprint density at radius 1 is 1.43 bits per heavy atom. The molecule has 1 amide bonds. The second-order valence-electron chi connectivity index (χ2n) is 4.73. The van der Waals surface area contributed by atoms with Crippen molar-refractivity contribution in [3.8, 4) is 0 Å². The van der Waals surface area contributed by atoms with Crippen LogP contribution in [0.3, 0.4) is 0 Å². The van der Waals surface area contributed by atoms with Crippen molar-refractivity contribution in [2.24, 2.45) is 11.1 Å². The summed E-state index contributed by atoms with van der Waals surface area (Å²) in [6.07, 6.45) is 5.68. The summed E-state index contributed by atoms with van der Waals surface area (Å²) in [6, 6.07) is 0.0984. The van der Waals surface area contributed by atoms with Gasteiger partial charge in [-0.2, -0.15) is 0 Å². The number of hydrogen-bond donors (Lipinski definition) is 2. The highest BCUT2D eigenvalue weighted by Gasteiger charge is 2.34. The van der Waals surface area contributed by atoms with E-state index < -0.39 is 0 Å². The van der Waals surface area contributed by atoms with E-state index in [1.165, 1.54) is 19.3 Å². The Morgan fingerprint density at radius 2 is 2.00 bits per heavy atom. The average molecular weight is 198 g/mol. The molecule has 0 spiro atoms. The first-order valence-corrected chi connectivity index (χ1v) is 5.59. The summed E-state index contributed by atoms with van der Waals surface area (Å²) in [5, 5.41) is 2.98. The molecule has 3 nitrogen and oxygen atoms in total. The maximum absolute atomic E-state index is 11.9. The van der Waals surface area contributed by atoms with Gasteiger partial charge in [-0.05, 0) is 19.8 Å². The Balaban J connectivity index is 2.49. The second-order valence-corrected chi connectivity index (χ2v) is 4.73. The van der Waals surface area contributed by atoms with E-state index in [0.29, 0.717) is 6.54 Å². The molecule has 1 aliphatic rings. The largest absolute Gasteiger partial charge is 0.352 e. The Labute approximate surface area is 86.4 Å². The molecule has 3 heteroatoms. The van der Waals surface area contributed by atoms with E-state index in [4.69, 9.17) is 5.73 Å². The van der Waals surface area contributed by atoms with E-state index in [-0.39, 0.29) is 17.4 Å². The fourth-order valence-corrected chi connectivity index (χ4v) is 2.02. The van der Waals surface area contributed by atoms with Crippen molar-refractivity contribution in [2.75, 3.05) is 6.54 Å². The molecule has 0 aromatic carbocycles. The maximum Gasteiger partial charge on any atom is 0.226 e. The lowest BCUT2D eigenvalue weighted by atomic mass is 9.75. The molecule has 0 bridgehead atoms. The van der Waals surface area contributed by atoms with Gasteiger partial charge in [-0.25, -0.2) is 0 Å². The van der Waals surface area contributed by atoms with Gasteiger partial charge in [-0.1, -0.05) is 26.2 Å². The summed E-state index contributed by atoms with van der Waals surface area (Å²) in [6.45, 7) is 4.54. The molecule has 1 fully saturated rings. The molecule has 82 valence electrons. The molecule has 0 heterocycles. The van der Waals surface area contributed by atoms with Crippen LogP contribution in [0.25, 0.3) is 0 Å². The predicted molar refractivity (Wildman–Crippen MR) is 57.9 cm³/mol. The summed E-state index contributed by atoms with van der Waals surface area (Å²) in [4.78, 5) is 11.9. The van der Waals surface area contributed by atoms with Gasteiger partial charge in [0, 0.05) is 18.0 Å². The molecule has 0 aromatic rings. The van der Waals surface area contributed by atoms with E-state index in [2.05, 4.69) is 12.2 Å². The number of nitrogens with one attached hydrogen (secondary N) is 1. The fourth-order valence-electron chi connectivity index (χ4n) is 2.02. The molecule has 3 N–H and O–H groups in total. The van der Waals surface area contributed by atoms with Crippen molar-refractivity contribution in [1.29, 1.82) is 0 Å². The smallest absolute Gasteiger partial charge is 0.226 e. The van der Waals surface area contributed by atoms with Crippen LogP contribution in [-0.2, 0) is 4.79 Å². The average Bonchev–Trinajstić information content (AvgIpc) is 2.18. The van der Waals surface area contributed by atoms with E-state index >= 15 is 0 Å². The Morgan fingerprint density at radius 3 is 2.50 bits per heavy atom. The molecular weight excluding hydrogens is 176 g/mol. The number of carbonyl (C=O) groups is 1. The summed E-state index contributed by atoms with van der Waals surface area (Å²) >= 11 is 0. The summed E-state index contributed by atoms with van der Waals surface area (Å²) in [7, 11) is 0. The molecule has 1 aliphatic carbocycles. The van der Waals surface area contributed by atoms with Crippen molar-refractivity contribution in [1.82, 2.24) is 5.32 Å². The molecule has 0 aromatic heterocycles. The standard InChI is InChI=1S/C11H22N2O/c1-9(8-12)13-10(14)11(2)6-4-3-5-7-11/h9H,3-8,12H2,1-2H3,(H,13,14)/t9-/m1/s1.